The maximum atomic E-state index is 14.1. The molecule has 3 aliphatic rings. The summed E-state index contributed by atoms with van der Waals surface area (Å²) >= 11 is 9.79. The Morgan fingerprint density at radius 3 is 2.35 bits per heavy atom. The first-order valence-electron chi connectivity index (χ1n) is 24.8. The third-order valence-corrected chi connectivity index (χ3v) is 16.3. The number of aromatic nitrogens is 3. The van der Waals surface area contributed by atoms with Crippen LogP contribution in [0.1, 0.15) is 122 Å². The summed E-state index contributed by atoms with van der Waals surface area (Å²) in [5.74, 6) is -0.209. The Morgan fingerprint density at radius 1 is 0.931 bits per heavy atom. The fraction of sp³-hybridized carbons (Fsp3) is 0.519. The van der Waals surface area contributed by atoms with Crippen molar-refractivity contribution in [2.24, 2.45) is 10.4 Å². The van der Waals surface area contributed by atoms with E-state index in [1.165, 1.54) is 16.7 Å². The van der Waals surface area contributed by atoms with Gasteiger partial charge in [0, 0.05) is 74.1 Å². The summed E-state index contributed by atoms with van der Waals surface area (Å²) in [5, 5.41) is 26.8. The van der Waals surface area contributed by atoms with E-state index >= 15 is 0 Å². The molecule has 0 spiro atoms. The molecule has 5 heterocycles. The summed E-state index contributed by atoms with van der Waals surface area (Å²) in [6.45, 7) is 13.8. The molecule has 0 saturated carbocycles. The number of carbonyl (C=O) groups is 5. The Bertz CT molecular complexity index is 2630. The summed E-state index contributed by atoms with van der Waals surface area (Å²) in [5.41, 5.74) is 5.39. The lowest BCUT2D eigenvalue weighted by molar-refractivity contribution is -0.144. The van der Waals surface area contributed by atoms with E-state index in [0.717, 1.165) is 59.0 Å². The first-order chi connectivity index (χ1) is 34.3. The third kappa shape index (κ3) is 13.8. The van der Waals surface area contributed by atoms with Crippen LogP contribution in [0.4, 0.5) is 17.3 Å². The smallest absolute Gasteiger partial charge is 0.246 e. The number of likely N-dealkylation sites (tertiary alicyclic amines) is 1. The highest BCUT2D eigenvalue weighted by molar-refractivity contribution is 7.99. The Morgan fingerprint density at radius 2 is 1.65 bits per heavy atom. The van der Waals surface area contributed by atoms with Gasteiger partial charge in [-0.25, -0.2) is 19.9 Å². The molecule has 20 heteroatoms. The van der Waals surface area contributed by atoms with Crippen molar-refractivity contribution in [2.75, 3.05) is 43.4 Å². The van der Waals surface area contributed by atoms with Crippen LogP contribution >= 0.6 is 34.7 Å². The predicted molar refractivity (Wildman–Crippen MR) is 284 cm³/mol. The van der Waals surface area contributed by atoms with E-state index in [1.807, 2.05) is 77.5 Å². The number of nitrogens with one attached hydrogen (secondary N) is 5. The number of carbonyl (C=O) groups excluding carboxylic acids is 5. The van der Waals surface area contributed by atoms with Gasteiger partial charge in [0.15, 0.2) is 5.82 Å². The Kier molecular flexibility index (Phi) is 18.1. The van der Waals surface area contributed by atoms with Gasteiger partial charge >= 0.3 is 0 Å². The van der Waals surface area contributed by atoms with E-state index in [-0.39, 0.29) is 67.4 Å². The Balaban J connectivity index is 0.793. The molecule has 7 rings (SSSR count). The van der Waals surface area contributed by atoms with E-state index in [4.69, 9.17) is 21.6 Å². The van der Waals surface area contributed by atoms with Crippen LogP contribution in [0.5, 0.6) is 0 Å². The SMILES string of the molecule is CNC1(C)CCN(c2cnc3c(n2)N=Cc2ccc(NC(=O)CCCC(=O)NCCCCCC(=O)N[C@H](C(=O)N4C[C@H](O)C[C@H]4C(=O)N[C@@H](C)c4ccc(-c5scnc5C)cc4)C(C)(C)C)c(Cl)c2S3)CC1. The van der Waals surface area contributed by atoms with Crippen LogP contribution in [0, 0.1) is 12.3 Å². The number of β-amino-alcohol motifs (C(OH)–C–C–N with tert-alkyl or cyclic N) is 1. The number of halogens is 1. The minimum Gasteiger partial charge on any atom is -0.391 e. The predicted octanol–water partition coefficient (Wildman–Crippen LogP) is 7.51. The van der Waals surface area contributed by atoms with Gasteiger partial charge in [0.05, 0.1) is 45.1 Å². The summed E-state index contributed by atoms with van der Waals surface area (Å²) < 4.78 is 0. The van der Waals surface area contributed by atoms with Crippen LogP contribution in [-0.2, 0) is 24.0 Å². The number of anilines is 2. The van der Waals surface area contributed by atoms with Gasteiger partial charge in [-0.05, 0) is 82.5 Å². The van der Waals surface area contributed by atoms with Crippen molar-refractivity contribution in [1.29, 1.82) is 0 Å². The summed E-state index contributed by atoms with van der Waals surface area (Å²) in [6.07, 6.45) is 7.36. The lowest BCUT2D eigenvalue weighted by Crippen LogP contribution is -2.57. The zero-order valence-corrected chi connectivity index (χ0v) is 44.7. The molecule has 2 aromatic heterocycles. The fourth-order valence-electron chi connectivity index (χ4n) is 9.02. The van der Waals surface area contributed by atoms with Gasteiger partial charge in [-0.1, -0.05) is 80.9 Å². The average Bonchev–Trinajstić information content (AvgIpc) is 3.92. The number of rotatable bonds is 19. The molecule has 0 aliphatic carbocycles. The molecule has 72 heavy (non-hydrogen) atoms. The van der Waals surface area contributed by atoms with E-state index in [9.17, 15) is 29.1 Å². The van der Waals surface area contributed by atoms with E-state index in [0.29, 0.717) is 58.7 Å². The number of unbranched alkanes of at least 4 members (excludes halogenated alkanes) is 2. The molecule has 2 fully saturated rings. The highest BCUT2D eigenvalue weighted by atomic mass is 35.5. The van der Waals surface area contributed by atoms with Crippen molar-refractivity contribution in [3.05, 3.63) is 69.9 Å². The highest BCUT2D eigenvalue weighted by Gasteiger charge is 2.45. The summed E-state index contributed by atoms with van der Waals surface area (Å²) in [6, 6.07) is 9.34. The number of hydrogen-bond acceptors (Lipinski definition) is 14. The maximum Gasteiger partial charge on any atom is 0.246 e. The van der Waals surface area contributed by atoms with Gasteiger partial charge in [0.1, 0.15) is 22.9 Å². The summed E-state index contributed by atoms with van der Waals surface area (Å²) in [4.78, 5) is 90.5. The number of benzene rings is 2. The topological polar surface area (TPSA) is 223 Å². The van der Waals surface area contributed by atoms with Crippen molar-refractivity contribution in [1.82, 2.24) is 41.1 Å². The Hall–Kier alpha value is -5.47. The number of amides is 5. The molecule has 6 N–H and O–H groups in total. The third-order valence-electron chi connectivity index (χ3n) is 13.7. The van der Waals surface area contributed by atoms with Gasteiger partial charge in [0.25, 0.3) is 0 Å². The molecule has 0 unspecified atom stereocenters. The maximum absolute atomic E-state index is 14.1. The number of piperidine rings is 1. The number of aliphatic imine (C=N–C) groups is 1. The van der Waals surface area contributed by atoms with Gasteiger partial charge in [-0.2, -0.15) is 0 Å². The number of hydrogen-bond donors (Lipinski definition) is 6. The fourth-order valence-corrected chi connectivity index (χ4v) is 11.1. The standard InChI is InChI=1S/C52H68ClN11O6S2/c1-31(33-15-17-34(18-16-33)44-32(2)58-30-71-44)59-48(69)38-26-36(65)29-64(38)50(70)46(51(3,4)5)62-42(68)12-9-8-10-23-55-40(66)13-11-14-41(67)60-37-20-19-35-27-56-47-49(72-45(35)43(37)53)57-28-39(61-47)63-24-21-52(6,54-7)22-25-63/h15-20,27-28,30-31,36,38,46,54,65H,8-14,21-26,29H2,1-7H3,(H,55,66)(H,59,69)(H,60,67)(H,62,68)/t31-,36+,38-,46+/m0/s1. The molecule has 4 aromatic rings. The van der Waals surface area contributed by atoms with Gasteiger partial charge < -0.3 is 41.5 Å². The molecule has 17 nitrogen and oxygen atoms in total. The monoisotopic (exact) mass is 1040 g/mol. The van der Waals surface area contributed by atoms with Crippen molar-refractivity contribution in [3.8, 4) is 10.4 Å². The number of fused-ring (bicyclic) bond motifs is 2. The zero-order chi connectivity index (χ0) is 51.7. The van der Waals surface area contributed by atoms with Crippen LogP contribution in [0.2, 0.25) is 5.02 Å². The quantitative estimate of drug-likeness (QED) is 0.0443. The number of aliphatic hydroxyl groups is 1. The molecule has 0 bridgehead atoms. The second-order valence-corrected chi connectivity index (χ2v) is 22.5. The van der Waals surface area contributed by atoms with Crippen LogP contribution in [-0.4, -0.2) is 118 Å². The normalized spacial score (nSPS) is 18.1. The van der Waals surface area contributed by atoms with Crippen LogP contribution in [0.15, 0.2) is 63.0 Å². The lowest BCUT2D eigenvalue weighted by atomic mass is 9.85. The average molecular weight is 1040 g/mol. The highest BCUT2D eigenvalue weighted by Crippen LogP contribution is 2.44. The second-order valence-electron chi connectivity index (χ2n) is 20.3. The summed E-state index contributed by atoms with van der Waals surface area (Å²) in [7, 11) is 2.00. The number of aliphatic hydroxyl groups excluding tert-OH is 1. The largest absolute Gasteiger partial charge is 0.391 e. The molecule has 5 amide bonds. The molecule has 2 saturated heterocycles. The zero-order valence-electron chi connectivity index (χ0n) is 42.3. The molecule has 4 atom stereocenters. The van der Waals surface area contributed by atoms with Crippen molar-refractivity contribution >= 4 is 87.8 Å². The minimum absolute atomic E-state index is 0.0138. The number of aryl methyl sites for hydroxylation is 1. The number of nitrogens with zero attached hydrogens (tertiary/aromatic N) is 6. The van der Waals surface area contributed by atoms with Gasteiger partial charge in [-0.15, -0.1) is 11.3 Å². The minimum atomic E-state index is -0.927. The lowest BCUT2D eigenvalue weighted by Gasteiger charge is -2.39. The van der Waals surface area contributed by atoms with Crippen LogP contribution in [0.25, 0.3) is 10.4 Å². The van der Waals surface area contributed by atoms with Gasteiger partial charge in [0.2, 0.25) is 29.5 Å². The van der Waals surface area contributed by atoms with Crippen LogP contribution in [0.3, 0.4) is 0 Å². The van der Waals surface area contributed by atoms with Gasteiger partial charge in [-0.3, -0.25) is 24.0 Å². The Labute approximate surface area is 435 Å². The first kappa shape index (κ1) is 54.3. The van der Waals surface area contributed by atoms with E-state index in [1.54, 1.807) is 29.8 Å². The molecular weight excluding hydrogens is 974 g/mol. The second kappa shape index (κ2) is 24.0. The van der Waals surface area contributed by atoms with Crippen molar-refractivity contribution < 1.29 is 29.1 Å². The van der Waals surface area contributed by atoms with Crippen molar-refractivity contribution in [3.63, 3.8) is 0 Å². The molecule has 2 aromatic carbocycles. The van der Waals surface area contributed by atoms with E-state index < -0.39 is 29.5 Å². The molecule has 386 valence electrons. The molecule has 3 aliphatic heterocycles. The van der Waals surface area contributed by atoms with Crippen molar-refractivity contribution in [2.45, 2.75) is 145 Å². The van der Waals surface area contributed by atoms with Crippen LogP contribution < -0.4 is 31.5 Å². The molecule has 0 radical (unpaired) electrons. The first-order valence-corrected chi connectivity index (χ1v) is 26.9. The number of thiazole rings is 1. The van der Waals surface area contributed by atoms with E-state index in [2.05, 4.69) is 48.4 Å². The molecular formula is C52H68ClN11O6S2.